The monoisotopic (exact) mass is 455 g/mol. The molecule has 2 heterocycles. The molecule has 172 valence electrons. The number of anilines is 1. The molecule has 7 nitrogen and oxygen atoms in total. The summed E-state index contributed by atoms with van der Waals surface area (Å²) in [4.78, 5) is 42.5. The zero-order valence-corrected chi connectivity index (χ0v) is 18.9. The molecule has 1 N–H and O–H groups in total. The highest BCUT2D eigenvalue weighted by Gasteiger charge is 2.47. The summed E-state index contributed by atoms with van der Waals surface area (Å²) >= 11 is 0. The minimum absolute atomic E-state index is 0.130. The van der Waals surface area contributed by atoms with E-state index in [1.165, 1.54) is 0 Å². The number of rotatable bonds is 7. The lowest BCUT2D eigenvalue weighted by Gasteiger charge is -2.40. The first-order valence-electron chi connectivity index (χ1n) is 11.3. The van der Waals surface area contributed by atoms with E-state index in [9.17, 15) is 14.4 Å². The van der Waals surface area contributed by atoms with E-state index < -0.39 is 6.17 Å². The average Bonchev–Trinajstić information content (AvgIpc) is 3.17. The summed E-state index contributed by atoms with van der Waals surface area (Å²) in [6, 6.07) is 22.2. The fraction of sp³-hybridized carbons (Fsp3) is 0.222. The normalized spacial score (nSPS) is 16.1. The maximum atomic E-state index is 13.4. The number of amides is 3. The van der Waals surface area contributed by atoms with Crippen molar-refractivity contribution in [2.24, 2.45) is 0 Å². The second kappa shape index (κ2) is 9.02. The summed E-state index contributed by atoms with van der Waals surface area (Å²) in [5.74, 6) is 0.354. The van der Waals surface area contributed by atoms with Gasteiger partial charge in [0.2, 0.25) is 5.91 Å². The third-order valence-corrected chi connectivity index (χ3v) is 6.36. The highest BCUT2D eigenvalue weighted by molar-refractivity contribution is 6.16. The average molecular weight is 456 g/mol. The molecule has 3 amide bonds. The van der Waals surface area contributed by atoms with Crippen molar-refractivity contribution in [2.45, 2.75) is 19.0 Å². The van der Waals surface area contributed by atoms with Crippen LogP contribution in [0.25, 0.3) is 0 Å². The van der Waals surface area contributed by atoms with Crippen LogP contribution >= 0.6 is 0 Å². The van der Waals surface area contributed by atoms with E-state index in [-0.39, 0.29) is 30.7 Å². The molecule has 0 radical (unpaired) electrons. The van der Waals surface area contributed by atoms with Gasteiger partial charge in [-0.1, -0.05) is 42.5 Å². The maximum absolute atomic E-state index is 13.4. The van der Waals surface area contributed by atoms with Crippen LogP contribution in [-0.4, -0.2) is 42.8 Å². The molecule has 0 aliphatic carbocycles. The van der Waals surface area contributed by atoms with Crippen LogP contribution in [0.4, 0.5) is 5.69 Å². The van der Waals surface area contributed by atoms with Crippen molar-refractivity contribution in [3.8, 4) is 5.75 Å². The van der Waals surface area contributed by atoms with E-state index in [2.05, 4.69) is 5.32 Å². The van der Waals surface area contributed by atoms with Crippen LogP contribution < -0.4 is 15.0 Å². The molecule has 3 aromatic carbocycles. The molecule has 0 saturated heterocycles. The Morgan fingerprint density at radius 2 is 1.62 bits per heavy atom. The van der Waals surface area contributed by atoms with Gasteiger partial charge in [0.25, 0.3) is 11.8 Å². The van der Waals surface area contributed by atoms with Gasteiger partial charge in [-0.2, -0.15) is 0 Å². The zero-order chi connectivity index (χ0) is 23.7. The van der Waals surface area contributed by atoms with Gasteiger partial charge in [0, 0.05) is 30.6 Å². The zero-order valence-electron chi connectivity index (χ0n) is 18.9. The molecule has 0 unspecified atom stereocenters. The van der Waals surface area contributed by atoms with E-state index in [1.807, 2.05) is 48.5 Å². The van der Waals surface area contributed by atoms with Crippen molar-refractivity contribution in [3.05, 3.63) is 95.1 Å². The number of para-hydroxylation sites is 1. The third kappa shape index (κ3) is 3.79. The van der Waals surface area contributed by atoms with Crippen molar-refractivity contribution in [1.29, 1.82) is 0 Å². The smallest absolute Gasteiger partial charge is 0.260 e. The molecule has 2 aliphatic heterocycles. The van der Waals surface area contributed by atoms with Gasteiger partial charge >= 0.3 is 0 Å². The van der Waals surface area contributed by atoms with Crippen LogP contribution in [0.2, 0.25) is 0 Å². The predicted molar refractivity (Wildman–Crippen MR) is 128 cm³/mol. The standard InChI is InChI=1S/C27H25N3O4/c1-34-19-12-10-18(11-13-19)14-16-28-24(31)15-17-29-25-20-6-2-3-7-21(20)27(33)30(25)23-9-5-4-8-22(23)26(29)32/h2-13,25H,14-17H2,1H3,(H,28,31)/t25-/m1/s1. The summed E-state index contributed by atoms with van der Waals surface area (Å²) in [5.41, 5.74) is 3.56. The Morgan fingerprint density at radius 3 is 2.38 bits per heavy atom. The van der Waals surface area contributed by atoms with Crippen LogP contribution in [0.3, 0.4) is 0 Å². The minimum atomic E-state index is -0.543. The molecular formula is C27H25N3O4. The van der Waals surface area contributed by atoms with E-state index in [0.29, 0.717) is 29.8 Å². The fourth-order valence-electron chi connectivity index (χ4n) is 4.65. The van der Waals surface area contributed by atoms with Crippen molar-refractivity contribution >= 4 is 23.4 Å². The van der Waals surface area contributed by atoms with Crippen molar-refractivity contribution in [3.63, 3.8) is 0 Å². The molecule has 34 heavy (non-hydrogen) atoms. The summed E-state index contributed by atoms with van der Waals surface area (Å²) in [5, 5.41) is 2.93. The third-order valence-electron chi connectivity index (χ3n) is 6.36. The van der Waals surface area contributed by atoms with Crippen LogP contribution in [0, 0.1) is 0 Å². The number of fused-ring (bicyclic) bond motifs is 5. The number of nitrogens with one attached hydrogen (secondary N) is 1. The fourth-order valence-corrected chi connectivity index (χ4v) is 4.65. The van der Waals surface area contributed by atoms with Gasteiger partial charge in [-0.25, -0.2) is 0 Å². The number of hydrogen-bond donors (Lipinski definition) is 1. The molecule has 7 heteroatoms. The highest BCUT2D eigenvalue weighted by atomic mass is 16.5. The Morgan fingerprint density at radius 1 is 0.912 bits per heavy atom. The first kappa shape index (κ1) is 21.7. The van der Waals surface area contributed by atoms with Gasteiger partial charge in [0.15, 0.2) is 0 Å². The van der Waals surface area contributed by atoms with E-state index in [0.717, 1.165) is 16.9 Å². The Balaban J connectivity index is 1.28. The second-order valence-electron chi connectivity index (χ2n) is 8.35. The summed E-state index contributed by atoms with van der Waals surface area (Å²) in [6.07, 6.45) is 0.305. The number of methoxy groups -OCH3 is 1. The number of carbonyl (C=O) groups is 3. The molecule has 0 saturated carbocycles. The van der Waals surface area contributed by atoms with Gasteiger partial charge in [-0.05, 0) is 42.3 Å². The quantitative estimate of drug-likeness (QED) is 0.591. The molecule has 2 aliphatic rings. The molecule has 0 bridgehead atoms. The van der Waals surface area contributed by atoms with Crippen molar-refractivity contribution in [2.75, 3.05) is 25.1 Å². The molecule has 3 aromatic rings. The SMILES string of the molecule is COc1ccc(CCNC(=O)CCN2C(=O)c3ccccc3N3C(=O)c4ccccc4[C@H]23)cc1. The number of hydrogen-bond acceptors (Lipinski definition) is 4. The largest absolute Gasteiger partial charge is 0.497 e. The Kier molecular flexibility index (Phi) is 5.76. The van der Waals surface area contributed by atoms with Gasteiger partial charge in [0.1, 0.15) is 11.9 Å². The first-order valence-corrected chi connectivity index (χ1v) is 11.3. The molecule has 0 aromatic heterocycles. The summed E-state index contributed by atoms with van der Waals surface area (Å²) in [7, 11) is 1.63. The van der Waals surface area contributed by atoms with Crippen LogP contribution in [0.1, 0.15) is 44.4 Å². The van der Waals surface area contributed by atoms with Gasteiger partial charge < -0.3 is 15.0 Å². The van der Waals surface area contributed by atoms with E-state index in [1.54, 1.807) is 41.2 Å². The predicted octanol–water partition coefficient (Wildman–Crippen LogP) is 3.56. The van der Waals surface area contributed by atoms with Gasteiger partial charge in [-0.15, -0.1) is 0 Å². The van der Waals surface area contributed by atoms with Crippen LogP contribution in [0.5, 0.6) is 5.75 Å². The second-order valence-corrected chi connectivity index (χ2v) is 8.35. The van der Waals surface area contributed by atoms with Crippen molar-refractivity contribution in [1.82, 2.24) is 10.2 Å². The lowest BCUT2D eigenvalue weighted by molar-refractivity contribution is -0.121. The first-order chi connectivity index (χ1) is 16.6. The van der Waals surface area contributed by atoms with E-state index >= 15 is 0 Å². The van der Waals surface area contributed by atoms with Crippen LogP contribution in [-0.2, 0) is 11.2 Å². The Bertz CT molecular complexity index is 1250. The number of nitrogens with zero attached hydrogens (tertiary/aromatic N) is 2. The van der Waals surface area contributed by atoms with E-state index in [4.69, 9.17) is 4.74 Å². The highest BCUT2D eigenvalue weighted by Crippen LogP contribution is 2.45. The Labute approximate surface area is 197 Å². The lowest BCUT2D eigenvalue weighted by atomic mass is 10.0. The maximum Gasteiger partial charge on any atom is 0.260 e. The minimum Gasteiger partial charge on any atom is -0.497 e. The molecule has 0 spiro atoms. The molecule has 5 rings (SSSR count). The summed E-state index contributed by atoms with van der Waals surface area (Å²) < 4.78 is 5.16. The summed E-state index contributed by atoms with van der Waals surface area (Å²) in [6.45, 7) is 0.711. The van der Waals surface area contributed by atoms with Crippen LogP contribution in [0.15, 0.2) is 72.8 Å². The van der Waals surface area contributed by atoms with Gasteiger partial charge in [-0.3, -0.25) is 19.3 Å². The number of carbonyl (C=O) groups excluding carboxylic acids is 3. The topological polar surface area (TPSA) is 79.0 Å². The Hall–Kier alpha value is -4.13. The molecule has 1 atom stereocenters. The van der Waals surface area contributed by atoms with Crippen molar-refractivity contribution < 1.29 is 19.1 Å². The van der Waals surface area contributed by atoms with Gasteiger partial charge in [0.05, 0.1) is 18.4 Å². The molecular weight excluding hydrogens is 430 g/mol. The number of ether oxygens (including phenoxy) is 1. The molecule has 0 fully saturated rings. The lowest BCUT2D eigenvalue weighted by Crippen LogP contribution is -2.49. The number of benzene rings is 3.